The van der Waals surface area contributed by atoms with Gasteiger partial charge in [0.2, 0.25) is 11.8 Å². The van der Waals surface area contributed by atoms with Crippen LogP contribution in [0, 0.1) is 0 Å². The van der Waals surface area contributed by atoms with Gasteiger partial charge in [-0.3, -0.25) is 9.59 Å². The van der Waals surface area contributed by atoms with Crippen molar-refractivity contribution in [1.82, 2.24) is 10.2 Å². The third-order valence-corrected chi connectivity index (χ3v) is 2.33. The van der Waals surface area contributed by atoms with Crippen LogP contribution in [0.2, 0.25) is 0 Å². The fourth-order valence-corrected chi connectivity index (χ4v) is 1.44. The van der Waals surface area contributed by atoms with E-state index in [1.807, 2.05) is 13.8 Å². The van der Waals surface area contributed by atoms with E-state index < -0.39 is 6.04 Å². The molecule has 0 aromatic carbocycles. The van der Waals surface area contributed by atoms with Crippen molar-refractivity contribution in [2.24, 2.45) is 0 Å². The van der Waals surface area contributed by atoms with E-state index in [1.54, 1.807) is 11.8 Å². The van der Waals surface area contributed by atoms with Crippen LogP contribution < -0.4 is 5.32 Å². The number of alkyl halides is 1. The zero-order chi connectivity index (χ0) is 11.8. The van der Waals surface area contributed by atoms with Crippen LogP contribution in [0.15, 0.2) is 0 Å². The molecule has 0 fully saturated rings. The number of halogens is 1. The standard InChI is InChI=1S/C10H19ClN2O2/c1-4-13(5-2)10(15)8(3)12-9(14)6-7-11/h8H,4-7H2,1-3H3,(H,12,14). The first-order valence-electron chi connectivity index (χ1n) is 5.20. The maximum Gasteiger partial charge on any atom is 0.244 e. The van der Waals surface area contributed by atoms with Crippen LogP contribution in [-0.2, 0) is 9.59 Å². The summed E-state index contributed by atoms with van der Waals surface area (Å²) in [6, 6.07) is -0.472. The number of nitrogens with zero attached hydrogens (tertiary/aromatic N) is 1. The fraction of sp³-hybridized carbons (Fsp3) is 0.800. The van der Waals surface area contributed by atoms with Gasteiger partial charge in [-0.1, -0.05) is 0 Å². The van der Waals surface area contributed by atoms with E-state index in [4.69, 9.17) is 11.6 Å². The Morgan fingerprint density at radius 3 is 2.27 bits per heavy atom. The van der Waals surface area contributed by atoms with Gasteiger partial charge in [-0.15, -0.1) is 11.6 Å². The van der Waals surface area contributed by atoms with Crippen molar-refractivity contribution in [3.8, 4) is 0 Å². The second-order valence-corrected chi connectivity index (χ2v) is 3.62. The smallest absolute Gasteiger partial charge is 0.244 e. The molecule has 0 rings (SSSR count). The summed E-state index contributed by atoms with van der Waals surface area (Å²) in [4.78, 5) is 24.6. The number of amides is 2. The second-order valence-electron chi connectivity index (χ2n) is 3.24. The van der Waals surface area contributed by atoms with Crippen LogP contribution in [-0.4, -0.2) is 41.7 Å². The molecule has 88 valence electrons. The summed E-state index contributed by atoms with van der Waals surface area (Å²) in [6.07, 6.45) is 0.247. The lowest BCUT2D eigenvalue weighted by molar-refractivity contribution is -0.135. The molecule has 0 saturated heterocycles. The SMILES string of the molecule is CCN(CC)C(=O)C(C)NC(=O)CCCl. The summed E-state index contributed by atoms with van der Waals surface area (Å²) in [5, 5.41) is 2.62. The summed E-state index contributed by atoms with van der Waals surface area (Å²) in [7, 11) is 0. The molecule has 0 aliphatic heterocycles. The van der Waals surface area contributed by atoms with Crippen molar-refractivity contribution in [2.75, 3.05) is 19.0 Å². The number of hydrogen-bond acceptors (Lipinski definition) is 2. The van der Waals surface area contributed by atoms with E-state index in [9.17, 15) is 9.59 Å². The molecule has 0 aromatic rings. The van der Waals surface area contributed by atoms with Gasteiger partial charge in [0.05, 0.1) is 0 Å². The lowest BCUT2D eigenvalue weighted by atomic mass is 10.2. The lowest BCUT2D eigenvalue weighted by Gasteiger charge is -2.23. The Balaban J connectivity index is 4.13. The maximum absolute atomic E-state index is 11.7. The van der Waals surface area contributed by atoms with Gasteiger partial charge in [-0.05, 0) is 20.8 Å². The zero-order valence-corrected chi connectivity index (χ0v) is 10.3. The average molecular weight is 235 g/mol. The highest BCUT2D eigenvalue weighted by molar-refractivity contribution is 6.18. The van der Waals surface area contributed by atoms with E-state index in [0.717, 1.165) is 0 Å². The van der Waals surface area contributed by atoms with E-state index in [2.05, 4.69) is 5.32 Å². The zero-order valence-electron chi connectivity index (χ0n) is 9.55. The van der Waals surface area contributed by atoms with Crippen LogP contribution in [0.1, 0.15) is 27.2 Å². The van der Waals surface area contributed by atoms with Gasteiger partial charge in [0.15, 0.2) is 0 Å². The Morgan fingerprint density at radius 2 is 1.87 bits per heavy atom. The molecule has 4 nitrogen and oxygen atoms in total. The highest BCUT2D eigenvalue weighted by Gasteiger charge is 2.19. The molecule has 15 heavy (non-hydrogen) atoms. The van der Waals surface area contributed by atoms with Crippen molar-refractivity contribution in [3.63, 3.8) is 0 Å². The third kappa shape index (κ3) is 5.02. The van der Waals surface area contributed by atoms with Gasteiger partial charge in [0, 0.05) is 25.4 Å². The molecule has 1 atom stereocenters. The largest absolute Gasteiger partial charge is 0.345 e. The van der Waals surface area contributed by atoms with Gasteiger partial charge >= 0.3 is 0 Å². The quantitative estimate of drug-likeness (QED) is 0.697. The first-order valence-corrected chi connectivity index (χ1v) is 5.74. The Kier molecular flexibility index (Phi) is 7.13. The van der Waals surface area contributed by atoms with E-state index in [-0.39, 0.29) is 24.1 Å². The van der Waals surface area contributed by atoms with E-state index >= 15 is 0 Å². The Labute approximate surface area is 96.0 Å². The monoisotopic (exact) mass is 234 g/mol. The predicted octanol–water partition coefficient (Wildman–Crippen LogP) is 0.988. The maximum atomic E-state index is 11.7. The first kappa shape index (κ1) is 14.2. The molecule has 5 heteroatoms. The minimum Gasteiger partial charge on any atom is -0.345 e. The molecule has 1 N–H and O–H groups in total. The second kappa shape index (κ2) is 7.51. The molecule has 0 aliphatic rings. The summed E-state index contributed by atoms with van der Waals surface area (Å²) >= 11 is 5.42. The number of carbonyl (C=O) groups is 2. The first-order chi connectivity index (χ1) is 7.06. The molecule has 0 saturated carbocycles. The van der Waals surface area contributed by atoms with Gasteiger partial charge in [-0.2, -0.15) is 0 Å². The number of hydrogen-bond donors (Lipinski definition) is 1. The summed E-state index contributed by atoms with van der Waals surface area (Å²) in [5.41, 5.74) is 0. The number of nitrogens with one attached hydrogen (secondary N) is 1. The molecule has 2 amide bonds. The van der Waals surface area contributed by atoms with Crippen molar-refractivity contribution in [2.45, 2.75) is 33.2 Å². The number of likely N-dealkylation sites (N-methyl/N-ethyl adjacent to an activating group) is 1. The molecule has 0 bridgehead atoms. The fourth-order valence-electron chi connectivity index (χ4n) is 1.27. The minimum absolute atomic E-state index is 0.0528. The molecular weight excluding hydrogens is 216 g/mol. The summed E-state index contributed by atoms with van der Waals surface area (Å²) < 4.78 is 0. The van der Waals surface area contributed by atoms with Gasteiger partial charge < -0.3 is 10.2 Å². The highest BCUT2D eigenvalue weighted by atomic mass is 35.5. The molecule has 0 aromatic heterocycles. The molecule has 0 heterocycles. The normalized spacial score (nSPS) is 12.0. The van der Waals surface area contributed by atoms with Gasteiger partial charge in [0.25, 0.3) is 0 Å². The molecule has 1 unspecified atom stereocenters. The summed E-state index contributed by atoms with van der Waals surface area (Å²) in [6.45, 7) is 6.83. The van der Waals surface area contributed by atoms with E-state index in [1.165, 1.54) is 0 Å². The van der Waals surface area contributed by atoms with Crippen LogP contribution >= 0.6 is 11.6 Å². The Morgan fingerprint density at radius 1 is 1.33 bits per heavy atom. The Bertz CT molecular complexity index is 217. The van der Waals surface area contributed by atoms with Gasteiger partial charge in [0.1, 0.15) is 6.04 Å². The summed E-state index contributed by atoms with van der Waals surface area (Å²) in [5.74, 6) is 0.0406. The van der Waals surface area contributed by atoms with Crippen LogP contribution in [0.5, 0.6) is 0 Å². The van der Waals surface area contributed by atoms with Crippen molar-refractivity contribution < 1.29 is 9.59 Å². The van der Waals surface area contributed by atoms with E-state index in [0.29, 0.717) is 13.1 Å². The van der Waals surface area contributed by atoms with Crippen LogP contribution in [0.25, 0.3) is 0 Å². The topological polar surface area (TPSA) is 49.4 Å². The molecule has 0 radical (unpaired) electrons. The van der Waals surface area contributed by atoms with Crippen molar-refractivity contribution in [1.29, 1.82) is 0 Å². The third-order valence-electron chi connectivity index (χ3n) is 2.14. The minimum atomic E-state index is -0.472. The van der Waals surface area contributed by atoms with Crippen LogP contribution in [0.4, 0.5) is 0 Å². The average Bonchev–Trinajstić information content (AvgIpc) is 2.19. The van der Waals surface area contributed by atoms with Crippen molar-refractivity contribution in [3.05, 3.63) is 0 Å². The molecule has 0 aliphatic carbocycles. The highest BCUT2D eigenvalue weighted by Crippen LogP contribution is 1.95. The van der Waals surface area contributed by atoms with Crippen molar-refractivity contribution >= 4 is 23.4 Å². The lowest BCUT2D eigenvalue weighted by Crippen LogP contribution is -2.46. The molecule has 0 spiro atoms. The predicted molar refractivity (Wildman–Crippen MR) is 60.9 cm³/mol. The number of rotatable bonds is 6. The molecular formula is C10H19ClN2O2. The van der Waals surface area contributed by atoms with Crippen LogP contribution in [0.3, 0.4) is 0 Å². The van der Waals surface area contributed by atoms with Gasteiger partial charge in [-0.25, -0.2) is 0 Å². The number of carbonyl (C=O) groups excluding carboxylic acids is 2. The Hall–Kier alpha value is -0.770.